The Labute approximate surface area is 139 Å². The second-order valence-corrected chi connectivity index (χ2v) is 5.23. The second-order valence-electron chi connectivity index (χ2n) is 5.23. The molecule has 0 radical (unpaired) electrons. The SMILES string of the molecule is COc1ccc(N(C)C(=O)CCc2ccccc2C(=O)O)cc1F. The van der Waals surface area contributed by atoms with Crippen LogP contribution in [0.25, 0.3) is 0 Å². The Kier molecular flexibility index (Phi) is 5.52. The molecule has 0 aliphatic rings. The number of hydrogen-bond acceptors (Lipinski definition) is 3. The minimum Gasteiger partial charge on any atom is -0.494 e. The lowest BCUT2D eigenvalue weighted by Gasteiger charge is -2.18. The Hall–Kier alpha value is -2.89. The van der Waals surface area contributed by atoms with Crippen LogP contribution < -0.4 is 9.64 Å². The highest BCUT2D eigenvalue weighted by atomic mass is 19.1. The van der Waals surface area contributed by atoms with Gasteiger partial charge in [-0.2, -0.15) is 0 Å². The first-order valence-electron chi connectivity index (χ1n) is 7.35. The summed E-state index contributed by atoms with van der Waals surface area (Å²) >= 11 is 0. The normalized spacial score (nSPS) is 10.3. The molecule has 0 aliphatic heterocycles. The predicted molar refractivity (Wildman–Crippen MR) is 88.1 cm³/mol. The van der Waals surface area contributed by atoms with Crippen molar-refractivity contribution in [2.75, 3.05) is 19.1 Å². The van der Waals surface area contributed by atoms with E-state index in [0.717, 1.165) is 0 Å². The number of benzene rings is 2. The van der Waals surface area contributed by atoms with Crippen LogP contribution >= 0.6 is 0 Å². The maximum atomic E-state index is 13.7. The lowest BCUT2D eigenvalue weighted by atomic mass is 10.0. The van der Waals surface area contributed by atoms with Gasteiger partial charge >= 0.3 is 5.97 Å². The number of halogens is 1. The van der Waals surface area contributed by atoms with Gasteiger partial charge in [-0.1, -0.05) is 18.2 Å². The molecule has 0 heterocycles. The molecule has 0 spiro atoms. The van der Waals surface area contributed by atoms with Crippen molar-refractivity contribution in [3.05, 3.63) is 59.4 Å². The number of nitrogens with zero attached hydrogens (tertiary/aromatic N) is 1. The quantitative estimate of drug-likeness (QED) is 0.883. The van der Waals surface area contributed by atoms with E-state index in [1.165, 1.54) is 30.2 Å². The summed E-state index contributed by atoms with van der Waals surface area (Å²) in [5.74, 6) is -1.70. The molecule has 0 aliphatic carbocycles. The molecule has 1 amide bonds. The van der Waals surface area contributed by atoms with Crippen LogP contribution in [-0.4, -0.2) is 31.1 Å². The molecule has 2 rings (SSSR count). The van der Waals surface area contributed by atoms with Gasteiger partial charge in [0.2, 0.25) is 5.91 Å². The fourth-order valence-corrected chi connectivity index (χ4v) is 2.36. The zero-order valence-corrected chi connectivity index (χ0v) is 13.5. The molecule has 2 aromatic rings. The average molecular weight is 331 g/mol. The monoisotopic (exact) mass is 331 g/mol. The number of rotatable bonds is 6. The van der Waals surface area contributed by atoms with Gasteiger partial charge in [0, 0.05) is 25.2 Å². The largest absolute Gasteiger partial charge is 0.494 e. The number of anilines is 1. The van der Waals surface area contributed by atoms with Crippen LogP contribution in [0.3, 0.4) is 0 Å². The Balaban J connectivity index is 2.07. The van der Waals surface area contributed by atoms with Crippen LogP contribution in [0.4, 0.5) is 10.1 Å². The van der Waals surface area contributed by atoms with Gasteiger partial charge in [0.05, 0.1) is 12.7 Å². The third-order valence-corrected chi connectivity index (χ3v) is 3.75. The van der Waals surface area contributed by atoms with Gasteiger partial charge in [-0.3, -0.25) is 4.79 Å². The number of methoxy groups -OCH3 is 1. The number of carboxylic acids is 1. The fourth-order valence-electron chi connectivity index (χ4n) is 2.36. The molecule has 24 heavy (non-hydrogen) atoms. The van der Waals surface area contributed by atoms with Gasteiger partial charge < -0.3 is 14.7 Å². The van der Waals surface area contributed by atoms with Gasteiger partial charge in [-0.25, -0.2) is 9.18 Å². The Morgan fingerprint density at radius 1 is 1.21 bits per heavy atom. The Bertz CT molecular complexity index is 760. The summed E-state index contributed by atoms with van der Waals surface area (Å²) in [4.78, 5) is 24.8. The molecular weight excluding hydrogens is 313 g/mol. The van der Waals surface area contributed by atoms with Crippen molar-refractivity contribution >= 4 is 17.6 Å². The van der Waals surface area contributed by atoms with Gasteiger partial charge in [-0.15, -0.1) is 0 Å². The Morgan fingerprint density at radius 2 is 1.92 bits per heavy atom. The van der Waals surface area contributed by atoms with Crippen molar-refractivity contribution in [2.45, 2.75) is 12.8 Å². The summed E-state index contributed by atoms with van der Waals surface area (Å²) in [6.45, 7) is 0. The highest BCUT2D eigenvalue weighted by molar-refractivity contribution is 5.93. The number of hydrogen-bond donors (Lipinski definition) is 1. The van der Waals surface area contributed by atoms with E-state index in [1.54, 1.807) is 31.3 Å². The minimum absolute atomic E-state index is 0.106. The number of carbonyl (C=O) groups is 2. The third kappa shape index (κ3) is 3.90. The fraction of sp³-hybridized carbons (Fsp3) is 0.222. The molecule has 5 nitrogen and oxygen atoms in total. The van der Waals surface area contributed by atoms with Crippen molar-refractivity contribution in [1.29, 1.82) is 0 Å². The molecule has 0 fully saturated rings. The zero-order valence-electron chi connectivity index (χ0n) is 13.5. The molecular formula is C18H18FNO4. The van der Waals surface area contributed by atoms with Crippen LogP contribution in [0.1, 0.15) is 22.3 Å². The van der Waals surface area contributed by atoms with Gasteiger partial charge in [0.1, 0.15) is 0 Å². The summed E-state index contributed by atoms with van der Waals surface area (Å²) in [5, 5.41) is 9.15. The van der Waals surface area contributed by atoms with Crippen LogP contribution in [0.2, 0.25) is 0 Å². The van der Waals surface area contributed by atoms with E-state index in [-0.39, 0.29) is 23.6 Å². The van der Waals surface area contributed by atoms with E-state index in [0.29, 0.717) is 17.7 Å². The zero-order chi connectivity index (χ0) is 17.7. The van der Waals surface area contributed by atoms with Crippen LogP contribution in [0, 0.1) is 5.82 Å². The Morgan fingerprint density at radius 3 is 2.54 bits per heavy atom. The van der Waals surface area contributed by atoms with Crippen molar-refractivity contribution in [2.24, 2.45) is 0 Å². The second kappa shape index (κ2) is 7.59. The molecule has 1 N–H and O–H groups in total. The number of ether oxygens (including phenoxy) is 1. The highest BCUT2D eigenvalue weighted by Gasteiger charge is 2.15. The third-order valence-electron chi connectivity index (χ3n) is 3.75. The van der Waals surface area contributed by atoms with Gasteiger partial charge in [-0.05, 0) is 30.2 Å². The van der Waals surface area contributed by atoms with Crippen LogP contribution in [0.5, 0.6) is 5.75 Å². The molecule has 6 heteroatoms. The minimum atomic E-state index is -1.02. The van der Waals surface area contributed by atoms with E-state index in [9.17, 15) is 14.0 Å². The predicted octanol–water partition coefficient (Wildman–Crippen LogP) is 3.13. The first kappa shape index (κ1) is 17.5. The number of carbonyl (C=O) groups excluding carboxylic acids is 1. The number of amides is 1. The van der Waals surface area contributed by atoms with E-state index < -0.39 is 11.8 Å². The molecule has 126 valence electrons. The smallest absolute Gasteiger partial charge is 0.335 e. The maximum Gasteiger partial charge on any atom is 0.335 e. The van der Waals surface area contributed by atoms with Crippen molar-refractivity contribution < 1.29 is 23.8 Å². The van der Waals surface area contributed by atoms with Crippen LogP contribution in [-0.2, 0) is 11.2 Å². The van der Waals surface area contributed by atoms with Gasteiger partial charge in [0.15, 0.2) is 11.6 Å². The van der Waals surface area contributed by atoms with E-state index in [4.69, 9.17) is 9.84 Å². The molecule has 2 aromatic carbocycles. The summed E-state index contributed by atoms with van der Waals surface area (Å²) < 4.78 is 18.6. The summed E-state index contributed by atoms with van der Waals surface area (Å²) in [5.41, 5.74) is 1.18. The molecule has 0 bridgehead atoms. The topological polar surface area (TPSA) is 66.8 Å². The average Bonchev–Trinajstić information content (AvgIpc) is 2.59. The molecule has 0 unspecified atom stereocenters. The van der Waals surface area contributed by atoms with Gasteiger partial charge in [0.25, 0.3) is 0 Å². The van der Waals surface area contributed by atoms with E-state index >= 15 is 0 Å². The first-order chi connectivity index (χ1) is 11.4. The number of aryl methyl sites for hydroxylation is 1. The van der Waals surface area contributed by atoms with Crippen molar-refractivity contribution in [3.8, 4) is 5.75 Å². The number of carboxylic acid groups (broad SMARTS) is 1. The van der Waals surface area contributed by atoms with E-state index in [1.807, 2.05) is 0 Å². The van der Waals surface area contributed by atoms with E-state index in [2.05, 4.69) is 0 Å². The summed E-state index contributed by atoms with van der Waals surface area (Å²) in [6, 6.07) is 10.8. The lowest BCUT2D eigenvalue weighted by Crippen LogP contribution is -2.26. The summed E-state index contributed by atoms with van der Waals surface area (Å²) in [7, 11) is 2.92. The van der Waals surface area contributed by atoms with Crippen molar-refractivity contribution in [1.82, 2.24) is 0 Å². The van der Waals surface area contributed by atoms with Crippen LogP contribution in [0.15, 0.2) is 42.5 Å². The molecule has 0 saturated heterocycles. The standard InChI is InChI=1S/C18H18FNO4/c1-20(13-8-9-16(24-2)15(19)11-13)17(21)10-7-12-5-3-4-6-14(12)18(22)23/h3-6,8-9,11H,7,10H2,1-2H3,(H,22,23). The lowest BCUT2D eigenvalue weighted by molar-refractivity contribution is -0.118. The molecule has 0 atom stereocenters. The van der Waals surface area contributed by atoms with Crippen molar-refractivity contribution in [3.63, 3.8) is 0 Å². The highest BCUT2D eigenvalue weighted by Crippen LogP contribution is 2.23. The summed E-state index contributed by atoms with van der Waals surface area (Å²) in [6.07, 6.45) is 0.415. The molecule has 0 aromatic heterocycles. The first-order valence-corrected chi connectivity index (χ1v) is 7.35. The number of aromatic carboxylic acids is 1. The maximum absolute atomic E-state index is 13.7. The molecule has 0 saturated carbocycles.